The predicted molar refractivity (Wildman–Crippen MR) is 106 cm³/mol. The average Bonchev–Trinajstić information content (AvgIpc) is 3.50. The molecule has 3 aromatic rings. The summed E-state index contributed by atoms with van der Waals surface area (Å²) >= 11 is 0. The van der Waals surface area contributed by atoms with Crippen LogP contribution in [0.15, 0.2) is 54.6 Å². The minimum absolute atomic E-state index is 0.239. The Bertz CT molecular complexity index is 907. The molecule has 1 unspecified atom stereocenters. The number of rotatable bonds is 7. The Morgan fingerprint density at radius 2 is 1.78 bits per heavy atom. The van der Waals surface area contributed by atoms with Gasteiger partial charge < -0.3 is 14.8 Å². The number of nitrogens with one attached hydrogen (secondary N) is 1. The molecule has 5 heteroatoms. The van der Waals surface area contributed by atoms with E-state index in [0.717, 1.165) is 34.9 Å². The van der Waals surface area contributed by atoms with E-state index in [0.29, 0.717) is 19.0 Å². The lowest BCUT2D eigenvalue weighted by Crippen LogP contribution is -2.09. The summed E-state index contributed by atoms with van der Waals surface area (Å²) in [5.41, 5.74) is 5.08. The molecule has 0 radical (unpaired) electrons. The maximum atomic E-state index is 5.82. The van der Waals surface area contributed by atoms with Crippen LogP contribution in [0.4, 0.5) is 11.5 Å². The Labute approximate surface area is 159 Å². The van der Waals surface area contributed by atoms with E-state index in [-0.39, 0.29) is 6.10 Å². The molecule has 27 heavy (non-hydrogen) atoms. The Hall–Kier alpha value is -2.76. The maximum Gasteiger partial charge on any atom is 0.161 e. The Morgan fingerprint density at radius 1 is 1.04 bits per heavy atom. The van der Waals surface area contributed by atoms with Gasteiger partial charge in [0.25, 0.3) is 0 Å². The van der Waals surface area contributed by atoms with Crippen molar-refractivity contribution in [2.24, 2.45) is 0 Å². The minimum atomic E-state index is 0.239. The van der Waals surface area contributed by atoms with Gasteiger partial charge in [-0.3, -0.25) is 0 Å². The molecular formula is C22H23N3O2. The van der Waals surface area contributed by atoms with Crippen LogP contribution in [-0.4, -0.2) is 29.3 Å². The first-order chi connectivity index (χ1) is 13.2. The van der Waals surface area contributed by atoms with Crippen molar-refractivity contribution in [1.29, 1.82) is 0 Å². The number of hydrogen-bond donors (Lipinski definition) is 1. The van der Waals surface area contributed by atoms with Crippen molar-refractivity contribution in [3.05, 3.63) is 71.4 Å². The third kappa shape index (κ3) is 4.51. The number of epoxide rings is 1. The second-order valence-electron chi connectivity index (χ2n) is 6.79. The van der Waals surface area contributed by atoms with Gasteiger partial charge in [-0.2, -0.15) is 0 Å². The molecule has 1 aromatic heterocycles. The summed E-state index contributed by atoms with van der Waals surface area (Å²) in [6.07, 6.45) is 0.239. The topological polar surface area (TPSA) is 59.6 Å². The van der Waals surface area contributed by atoms with Gasteiger partial charge in [0, 0.05) is 22.5 Å². The van der Waals surface area contributed by atoms with Gasteiger partial charge in [-0.25, -0.2) is 9.97 Å². The average molecular weight is 361 g/mol. The highest BCUT2D eigenvalue weighted by atomic mass is 16.6. The Balaban J connectivity index is 1.66. The summed E-state index contributed by atoms with van der Waals surface area (Å²) in [6, 6.07) is 18.3. The second kappa shape index (κ2) is 7.86. The predicted octanol–water partition coefficient (Wildman–Crippen LogP) is 4.42. The SMILES string of the molecule is Cc1ccc(Nc2nc(-c3ccccc3)nc(C)c2COCC2CO2)cc1. The number of hydrogen-bond acceptors (Lipinski definition) is 5. The molecule has 0 saturated carbocycles. The molecule has 5 nitrogen and oxygen atoms in total. The molecule has 0 spiro atoms. The van der Waals surface area contributed by atoms with Crippen LogP contribution in [-0.2, 0) is 16.1 Å². The molecule has 0 aliphatic carbocycles. The summed E-state index contributed by atoms with van der Waals surface area (Å²) in [5, 5.41) is 3.44. The molecule has 138 valence electrons. The molecule has 1 atom stereocenters. The molecule has 1 N–H and O–H groups in total. The highest BCUT2D eigenvalue weighted by Gasteiger charge is 2.23. The maximum absolute atomic E-state index is 5.82. The zero-order valence-electron chi connectivity index (χ0n) is 15.6. The number of benzene rings is 2. The molecule has 2 aromatic carbocycles. The van der Waals surface area contributed by atoms with Crippen molar-refractivity contribution in [1.82, 2.24) is 9.97 Å². The van der Waals surface area contributed by atoms with E-state index in [1.807, 2.05) is 37.3 Å². The highest BCUT2D eigenvalue weighted by molar-refractivity contribution is 5.64. The third-order valence-corrected chi connectivity index (χ3v) is 4.51. The van der Waals surface area contributed by atoms with Crippen LogP contribution in [0.25, 0.3) is 11.4 Å². The van der Waals surface area contributed by atoms with Crippen LogP contribution in [0.5, 0.6) is 0 Å². The molecular weight excluding hydrogens is 338 g/mol. The van der Waals surface area contributed by atoms with Crippen molar-refractivity contribution < 1.29 is 9.47 Å². The van der Waals surface area contributed by atoms with E-state index in [1.54, 1.807) is 0 Å². The number of ether oxygens (including phenoxy) is 2. The largest absolute Gasteiger partial charge is 0.374 e. The summed E-state index contributed by atoms with van der Waals surface area (Å²) in [6.45, 7) is 5.92. The van der Waals surface area contributed by atoms with E-state index in [4.69, 9.17) is 19.4 Å². The zero-order valence-corrected chi connectivity index (χ0v) is 15.6. The number of aromatic nitrogens is 2. The summed E-state index contributed by atoms with van der Waals surface area (Å²) in [7, 11) is 0. The lowest BCUT2D eigenvalue weighted by Gasteiger charge is -2.15. The van der Waals surface area contributed by atoms with Crippen molar-refractivity contribution in [3.63, 3.8) is 0 Å². The van der Waals surface area contributed by atoms with Crippen LogP contribution in [0.2, 0.25) is 0 Å². The number of anilines is 2. The van der Waals surface area contributed by atoms with Crippen LogP contribution in [0.1, 0.15) is 16.8 Å². The summed E-state index contributed by atoms with van der Waals surface area (Å²) in [5.74, 6) is 1.49. The minimum Gasteiger partial charge on any atom is -0.374 e. The first kappa shape index (κ1) is 17.6. The first-order valence-corrected chi connectivity index (χ1v) is 9.15. The fourth-order valence-corrected chi connectivity index (χ4v) is 2.82. The van der Waals surface area contributed by atoms with Crippen LogP contribution >= 0.6 is 0 Å². The first-order valence-electron chi connectivity index (χ1n) is 9.15. The molecule has 1 aliphatic heterocycles. The molecule has 1 fully saturated rings. The zero-order chi connectivity index (χ0) is 18.6. The Kier molecular flexibility index (Phi) is 5.14. The molecule has 1 aliphatic rings. The third-order valence-electron chi connectivity index (χ3n) is 4.51. The number of nitrogens with zero attached hydrogens (tertiary/aromatic N) is 2. The Morgan fingerprint density at radius 3 is 2.48 bits per heavy atom. The van der Waals surface area contributed by atoms with E-state index >= 15 is 0 Å². The monoisotopic (exact) mass is 361 g/mol. The van der Waals surface area contributed by atoms with E-state index < -0.39 is 0 Å². The van der Waals surface area contributed by atoms with Gasteiger partial charge in [0.2, 0.25) is 0 Å². The van der Waals surface area contributed by atoms with Crippen LogP contribution in [0.3, 0.4) is 0 Å². The fraction of sp³-hybridized carbons (Fsp3) is 0.273. The molecule has 4 rings (SSSR count). The molecule has 1 saturated heterocycles. The highest BCUT2D eigenvalue weighted by Crippen LogP contribution is 2.26. The molecule has 2 heterocycles. The van der Waals surface area contributed by atoms with Gasteiger partial charge >= 0.3 is 0 Å². The van der Waals surface area contributed by atoms with Gasteiger partial charge in [-0.05, 0) is 26.0 Å². The van der Waals surface area contributed by atoms with Gasteiger partial charge in [0.15, 0.2) is 5.82 Å². The van der Waals surface area contributed by atoms with Crippen molar-refractivity contribution in [3.8, 4) is 11.4 Å². The van der Waals surface area contributed by atoms with Gasteiger partial charge in [0.1, 0.15) is 11.9 Å². The van der Waals surface area contributed by atoms with Crippen LogP contribution in [0, 0.1) is 13.8 Å². The van der Waals surface area contributed by atoms with Crippen molar-refractivity contribution >= 4 is 11.5 Å². The smallest absolute Gasteiger partial charge is 0.161 e. The second-order valence-corrected chi connectivity index (χ2v) is 6.79. The standard InChI is InChI=1S/C22H23N3O2/c1-15-8-10-18(11-9-15)24-22-20(14-26-12-19-13-27-19)16(2)23-21(25-22)17-6-4-3-5-7-17/h3-11,19H,12-14H2,1-2H3,(H,23,24,25). The lowest BCUT2D eigenvalue weighted by molar-refractivity contribution is 0.104. The molecule has 0 bridgehead atoms. The van der Waals surface area contributed by atoms with Gasteiger partial charge in [-0.1, -0.05) is 48.0 Å². The van der Waals surface area contributed by atoms with Gasteiger partial charge in [0.05, 0.1) is 19.8 Å². The van der Waals surface area contributed by atoms with E-state index in [9.17, 15) is 0 Å². The van der Waals surface area contributed by atoms with E-state index in [2.05, 4.69) is 36.5 Å². The quantitative estimate of drug-likeness (QED) is 0.631. The summed E-state index contributed by atoms with van der Waals surface area (Å²) in [4.78, 5) is 9.51. The number of aryl methyl sites for hydroxylation is 2. The lowest BCUT2D eigenvalue weighted by atomic mass is 10.1. The normalized spacial score (nSPS) is 15.6. The summed E-state index contributed by atoms with van der Waals surface area (Å²) < 4.78 is 11.0. The van der Waals surface area contributed by atoms with E-state index in [1.165, 1.54) is 5.56 Å². The van der Waals surface area contributed by atoms with Crippen molar-refractivity contribution in [2.45, 2.75) is 26.6 Å². The van der Waals surface area contributed by atoms with Gasteiger partial charge in [-0.15, -0.1) is 0 Å². The fourth-order valence-electron chi connectivity index (χ4n) is 2.82. The molecule has 0 amide bonds. The van der Waals surface area contributed by atoms with Crippen molar-refractivity contribution in [2.75, 3.05) is 18.5 Å². The van der Waals surface area contributed by atoms with Crippen LogP contribution < -0.4 is 5.32 Å².